The lowest BCUT2D eigenvalue weighted by molar-refractivity contribution is -0.131. The molecule has 0 aliphatic carbocycles. The summed E-state index contributed by atoms with van der Waals surface area (Å²) in [6.45, 7) is 0.407. The number of pyridine rings is 1. The van der Waals surface area contributed by atoms with Gasteiger partial charge in [-0.2, -0.15) is 0 Å². The van der Waals surface area contributed by atoms with E-state index in [1.165, 1.54) is 6.08 Å². The highest BCUT2D eigenvalue weighted by Crippen LogP contribution is 2.06. The second-order valence-electron chi connectivity index (χ2n) is 4.33. The van der Waals surface area contributed by atoms with E-state index in [-0.39, 0.29) is 5.91 Å². The van der Waals surface area contributed by atoms with Gasteiger partial charge in [-0.1, -0.05) is 24.3 Å². The van der Waals surface area contributed by atoms with Crippen molar-refractivity contribution in [2.24, 2.45) is 0 Å². The van der Waals surface area contributed by atoms with Crippen LogP contribution in [0.4, 0.5) is 0 Å². The summed E-state index contributed by atoms with van der Waals surface area (Å²) >= 11 is 0. The minimum Gasteiger partial charge on any atom is -0.478 e. The highest BCUT2D eigenvalue weighted by atomic mass is 16.4. The molecular weight excluding hydrogens is 268 g/mol. The monoisotopic (exact) mass is 282 g/mol. The maximum Gasteiger partial charge on any atom is 0.328 e. The highest BCUT2D eigenvalue weighted by Gasteiger charge is 2.03. The average Bonchev–Trinajstić information content (AvgIpc) is 2.52. The number of benzene rings is 1. The van der Waals surface area contributed by atoms with Crippen LogP contribution in [0.15, 0.2) is 54.9 Å². The molecule has 0 fully saturated rings. The molecule has 0 saturated heterocycles. The molecule has 0 aliphatic heterocycles. The summed E-state index contributed by atoms with van der Waals surface area (Å²) in [4.78, 5) is 26.1. The van der Waals surface area contributed by atoms with Gasteiger partial charge in [0.05, 0.1) is 0 Å². The fourth-order valence-electron chi connectivity index (χ4n) is 1.70. The van der Waals surface area contributed by atoms with E-state index in [9.17, 15) is 9.59 Å². The molecule has 2 aromatic rings. The first-order chi connectivity index (χ1) is 10.1. The number of hydrogen-bond donors (Lipinski definition) is 2. The van der Waals surface area contributed by atoms with Crippen molar-refractivity contribution in [2.45, 2.75) is 6.54 Å². The Morgan fingerprint density at radius 1 is 1.10 bits per heavy atom. The Labute approximate surface area is 122 Å². The predicted octanol–water partition coefficient (Wildman–Crippen LogP) is 2.11. The van der Waals surface area contributed by atoms with Crippen LogP contribution < -0.4 is 5.32 Å². The summed E-state index contributed by atoms with van der Waals surface area (Å²) in [6.07, 6.45) is 5.73. The number of aromatic nitrogens is 1. The second kappa shape index (κ2) is 7.00. The largest absolute Gasteiger partial charge is 0.478 e. The number of carbonyl (C=O) groups excluding carboxylic acids is 1. The van der Waals surface area contributed by atoms with Gasteiger partial charge in [-0.3, -0.25) is 9.78 Å². The molecule has 0 atom stereocenters. The molecule has 1 aromatic carbocycles. The molecule has 1 aromatic heterocycles. The number of hydrogen-bond acceptors (Lipinski definition) is 3. The van der Waals surface area contributed by atoms with E-state index in [0.29, 0.717) is 12.1 Å². The summed E-state index contributed by atoms with van der Waals surface area (Å²) < 4.78 is 0. The van der Waals surface area contributed by atoms with Crippen molar-refractivity contribution in [1.29, 1.82) is 0 Å². The molecular formula is C16H14N2O3. The van der Waals surface area contributed by atoms with Crippen molar-refractivity contribution in [3.8, 4) is 0 Å². The Kier molecular flexibility index (Phi) is 4.82. The molecule has 0 spiro atoms. The summed E-state index contributed by atoms with van der Waals surface area (Å²) in [7, 11) is 0. The van der Waals surface area contributed by atoms with E-state index < -0.39 is 5.97 Å². The Hall–Kier alpha value is -2.95. The van der Waals surface area contributed by atoms with Crippen molar-refractivity contribution in [3.63, 3.8) is 0 Å². The number of aliphatic carboxylic acids is 1. The number of nitrogens with one attached hydrogen (secondary N) is 1. The van der Waals surface area contributed by atoms with E-state index in [1.54, 1.807) is 36.7 Å². The lowest BCUT2D eigenvalue weighted by atomic mass is 10.1. The lowest BCUT2D eigenvalue weighted by Gasteiger charge is -2.05. The van der Waals surface area contributed by atoms with Gasteiger partial charge in [0.1, 0.15) is 0 Å². The summed E-state index contributed by atoms with van der Waals surface area (Å²) in [5, 5.41) is 11.4. The molecule has 0 radical (unpaired) electrons. The fourth-order valence-corrected chi connectivity index (χ4v) is 1.70. The number of carboxylic acid groups (broad SMARTS) is 1. The molecule has 5 heteroatoms. The molecule has 5 nitrogen and oxygen atoms in total. The standard InChI is InChI=1S/C16H14N2O3/c19-15(20)6-5-12-1-3-13(4-2-12)11-18-16(21)14-7-9-17-10-8-14/h1-10H,11H2,(H,18,21)(H,19,20). The van der Waals surface area contributed by atoms with E-state index in [2.05, 4.69) is 10.3 Å². The highest BCUT2D eigenvalue weighted by molar-refractivity contribution is 5.93. The third-order valence-electron chi connectivity index (χ3n) is 2.79. The first kappa shape index (κ1) is 14.5. The number of carbonyl (C=O) groups is 2. The maximum absolute atomic E-state index is 11.8. The Morgan fingerprint density at radius 2 is 1.76 bits per heavy atom. The van der Waals surface area contributed by atoms with Gasteiger partial charge in [0, 0.05) is 30.6 Å². The van der Waals surface area contributed by atoms with Crippen LogP contribution in [0.2, 0.25) is 0 Å². The molecule has 21 heavy (non-hydrogen) atoms. The zero-order valence-corrected chi connectivity index (χ0v) is 11.2. The summed E-state index contributed by atoms with van der Waals surface area (Å²) in [5.74, 6) is -1.14. The first-order valence-corrected chi connectivity index (χ1v) is 6.33. The third-order valence-corrected chi connectivity index (χ3v) is 2.79. The van der Waals surface area contributed by atoms with Gasteiger partial charge in [-0.05, 0) is 29.3 Å². The maximum atomic E-state index is 11.8. The van der Waals surface area contributed by atoms with Gasteiger partial charge < -0.3 is 10.4 Å². The van der Waals surface area contributed by atoms with Gasteiger partial charge in [0.25, 0.3) is 5.91 Å². The summed E-state index contributed by atoms with van der Waals surface area (Å²) in [6, 6.07) is 10.6. The molecule has 0 saturated carbocycles. The predicted molar refractivity (Wildman–Crippen MR) is 78.5 cm³/mol. The fraction of sp³-hybridized carbons (Fsp3) is 0.0625. The number of nitrogens with zero attached hydrogens (tertiary/aromatic N) is 1. The number of rotatable bonds is 5. The quantitative estimate of drug-likeness (QED) is 0.823. The molecule has 106 valence electrons. The molecule has 1 heterocycles. The zero-order valence-electron chi connectivity index (χ0n) is 11.2. The van der Waals surface area contributed by atoms with E-state index in [0.717, 1.165) is 17.2 Å². The average molecular weight is 282 g/mol. The van der Waals surface area contributed by atoms with Crippen molar-refractivity contribution in [2.75, 3.05) is 0 Å². The van der Waals surface area contributed by atoms with Crippen LogP contribution >= 0.6 is 0 Å². The van der Waals surface area contributed by atoms with Gasteiger partial charge in [-0.25, -0.2) is 4.79 Å². The zero-order chi connectivity index (χ0) is 15.1. The second-order valence-corrected chi connectivity index (χ2v) is 4.33. The Morgan fingerprint density at radius 3 is 2.38 bits per heavy atom. The van der Waals surface area contributed by atoms with Crippen molar-refractivity contribution in [1.82, 2.24) is 10.3 Å². The first-order valence-electron chi connectivity index (χ1n) is 6.33. The lowest BCUT2D eigenvalue weighted by Crippen LogP contribution is -2.22. The molecule has 2 N–H and O–H groups in total. The number of carboxylic acids is 1. The minimum absolute atomic E-state index is 0.160. The van der Waals surface area contributed by atoms with Crippen molar-refractivity contribution >= 4 is 18.0 Å². The normalized spacial score (nSPS) is 10.5. The van der Waals surface area contributed by atoms with E-state index in [1.807, 2.05) is 12.1 Å². The van der Waals surface area contributed by atoms with Crippen LogP contribution in [0.5, 0.6) is 0 Å². The van der Waals surface area contributed by atoms with E-state index in [4.69, 9.17) is 5.11 Å². The minimum atomic E-state index is -0.983. The SMILES string of the molecule is O=C(O)C=Cc1ccc(CNC(=O)c2ccncc2)cc1. The molecule has 0 bridgehead atoms. The van der Waals surface area contributed by atoms with Crippen LogP contribution in [-0.4, -0.2) is 22.0 Å². The summed E-state index contributed by atoms with van der Waals surface area (Å²) in [5.41, 5.74) is 2.29. The molecule has 2 rings (SSSR count). The van der Waals surface area contributed by atoms with Gasteiger partial charge in [0.15, 0.2) is 0 Å². The molecule has 0 unspecified atom stereocenters. The topological polar surface area (TPSA) is 79.3 Å². The Bertz CT molecular complexity index is 649. The van der Waals surface area contributed by atoms with Crippen LogP contribution in [0.25, 0.3) is 6.08 Å². The van der Waals surface area contributed by atoms with Gasteiger partial charge in [0.2, 0.25) is 0 Å². The van der Waals surface area contributed by atoms with Crippen LogP contribution in [0.1, 0.15) is 21.5 Å². The van der Waals surface area contributed by atoms with Crippen LogP contribution in [0, 0.1) is 0 Å². The van der Waals surface area contributed by atoms with Crippen LogP contribution in [0.3, 0.4) is 0 Å². The van der Waals surface area contributed by atoms with Crippen molar-refractivity contribution < 1.29 is 14.7 Å². The number of amides is 1. The van der Waals surface area contributed by atoms with E-state index >= 15 is 0 Å². The molecule has 1 amide bonds. The van der Waals surface area contributed by atoms with Crippen LogP contribution in [-0.2, 0) is 11.3 Å². The van der Waals surface area contributed by atoms with Gasteiger partial charge in [-0.15, -0.1) is 0 Å². The van der Waals surface area contributed by atoms with Crippen molar-refractivity contribution in [3.05, 3.63) is 71.6 Å². The Balaban J connectivity index is 1.92. The molecule has 0 aliphatic rings. The smallest absolute Gasteiger partial charge is 0.328 e. The van der Waals surface area contributed by atoms with Gasteiger partial charge >= 0.3 is 5.97 Å². The third kappa shape index (κ3) is 4.58.